The molecule has 2 saturated heterocycles. The average molecular weight is 217 g/mol. The van der Waals surface area contributed by atoms with Crippen LogP contribution in [0.15, 0.2) is 0 Å². The van der Waals surface area contributed by atoms with Crippen LogP contribution in [0.25, 0.3) is 0 Å². The Morgan fingerprint density at radius 2 is 2.50 bits per heavy atom. The highest BCUT2D eigenvalue weighted by Gasteiger charge is 2.43. The summed E-state index contributed by atoms with van der Waals surface area (Å²) in [5, 5.41) is 18.3. The Bertz CT molecular complexity index is 239. The second-order valence-electron chi connectivity index (χ2n) is 3.66. The first-order valence-electron chi connectivity index (χ1n) is 4.74. The lowest BCUT2D eigenvalue weighted by molar-refractivity contribution is 0.134. The van der Waals surface area contributed by atoms with Crippen molar-refractivity contribution in [2.75, 3.05) is 12.8 Å². The summed E-state index contributed by atoms with van der Waals surface area (Å²) in [4.78, 5) is 11.0. The van der Waals surface area contributed by atoms with E-state index < -0.39 is 6.23 Å². The lowest BCUT2D eigenvalue weighted by atomic mass is 10.1. The van der Waals surface area contributed by atoms with E-state index in [-0.39, 0.29) is 18.1 Å². The summed E-state index contributed by atoms with van der Waals surface area (Å²) >= 11 is 1.80. The monoisotopic (exact) mass is 217 g/mol. The number of urea groups is 1. The number of aliphatic hydroxyl groups is 1. The molecular weight excluding hydrogens is 202 g/mol. The molecule has 0 aliphatic carbocycles. The largest absolute Gasteiger partial charge is 0.379 e. The second kappa shape index (κ2) is 3.96. The molecule has 0 aromatic heterocycles. The van der Waals surface area contributed by atoms with Gasteiger partial charge >= 0.3 is 6.03 Å². The number of aliphatic hydroxyl groups excluding tert-OH is 1. The summed E-state index contributed by atoms with van der Waals surface area (Å²) in [5.41, 5.74) is 0. The fourth-order valence-electron chi connectivity index (χ4n) is 1.93. The number of carbonyl (C=O) groups is 1. The van der Waals surface area contributed by atoms with Gasteiger partial charge in [-0.1, -0.05) is 0 Å². The Balaban J connectivity index is 1.92. The first kappa shape index (κ1) is 10.1. The minimum absolute atomic E-state index is 0.0794. The summed E-state index contributed by atoms with van der Waals surface area (Å²) in [6, 6.07) is 0.335. The molecule has 4 atom stereocenters. The van der Waals surface area contributed by atoms with Crippen molar-refractivity contribution in [2.24, 2.45) is 0 Å². The van der Waals surface area contributed by atoms with Crippen LogP contribution in [0.2, 0.25) is 0 Å². The first-order valence-corrected chi connectivity index (χ1v) is 5.79. The van der Waals surface area contributed by atoms with Gasteiger partial charge in [-0.2, -0.15) is 11.8 Å². The number of fused-ring (bicyclic) bond motifs is 1. The van der Waals surface area contributed by atoms with Crippen LogP contribution in [-0.2, 0) is 0 Å². The van der Waals surface area contributed by atoms with E-state index in [1.165, 1.54) is 0 Å². The van der Waals surface area contributed by atoms with Gasteiger partial charge in [-0.15, -0.1) is 0 Å². The number of nitrogens with one attached hydrogen (secondary N) is 3. The molecule has 80 valence electrons. The maximum absolute atomic E-state index is 11.0. The highest BCUT2D eigenvalue weighted by molar-refractivity contribution is 8.00. The van der Waals surface area contributed by atoms with Gasteiger partial charge in [0, 0.05) is 17.4 Å². The van der Waals surface area contributed by atoms with Crippen LogP contribution < -0.4 is 16.0 Å². The topological polar surface area (TPSA) is 73.4 Å². The molecule has 5 nitrogen and oxygen atoms in total. The van der Waals surface area contributed by atoms with Crippen LogP contribution in [-0.4, -0.2) is 47.5 Å². The SMILES string of the molecule is CNC(O)C[C@@H]1SC[C@@H]2NC(=O)N[C@@H]21. The van der Waals surface area contributed by atoms with Crippen molar-refractivity contribution >= 4 is 17.8 Å². The number of carbonyl (C=O) groups excluding carboxylic acids is 1. The summed E-state index contributed by atoms with van der Waals surface area (Å²) < 4.78 is 0. The standard InChI is InChI=1S/C8H15N3O2S/c1-9-6(12)2-5-7-4(3-14-5)10-8(13)11-7/h4-7,9,12H,2-3H2,1H3,(H2,10,11,13)/t4-,5-,6?,7-/m0/s1. The minimum Gasteiger partial charge on any atom is -0.379 e. The lowest BCUT2D eigenvalue weighted by Gasteiger charge is -2.19. The van der Waals surface area contributed by atoms with E-state index in [1.807, 2.05) is 0 Å². The van der Waals surface area contributed by atoms with Gasteiger partial charge in [0.2, 0.25) is 0 Å². The molecular formula is C8H15N3O2S. The van der Waals surface area contributed by atoms with E-state index in [0.29, 0.717) is 11.7 Å². The predicted molar refractivity (Wildman–Crippen MR) is 55.2 cm³/mol. The van der Waals surface area contributed by atoms with E-state index in [0.717, 1.165) is 5.75 Å². The summed E-state index contributed by atoms with van der Waals surface area (Å²) in [6.45, 7) is 0. The van der Waals surface area contributed by atoms with Crippen LogP contribution >= 0.6 is 11.8 Å². The van der Waals surface area contributed by atoms with Gasteiger partial charge in [-0.25, -0.2) is 4.79 Å². The molecule has 2 heterocycles. The van der Waals surface area contributed by atoms with E-state index >= 15 is 0 Å². The van der Waals surface area contributed by atoms with Gasteiger partial charge in [-0.3, -0.25) is 5.32 Å². The third kappa shape index (κ3) is 1.82. The van der Waals surface area contributed by atoms with Gasteiger partial charge in [0.15, 0.2) is 0 Å². The average Bonchev–Trinajstić information content (AvgIpc) is 2.67. The third-order valence-corrected chi connectivity index (χ3v) is 4.19. The molecule has 0 aromatic rings. The normalized spacial score (nSPS) is 37.6. The Morgan fingerprint density at radius 3 is 3.21 bits per heavy atom. The quantitative estimate of drug-likeness (QED) is 0.364. The highest BCUT2D eigenvalue weighted by Crippen LogP contribution is 2.32. The molecule has 2 aliphatic rings. The minimum atomic E-state index is -0.483. The zero-order chi connectivity index (χ0) is 10.1. The van der Waals surface area contributed by atoms with E-state index in [2.05, 4.69) is 16.0 Å². The molecule has 0 spiro atoms. The third-order valence-electron chi connectivity index (χ3n) is 2.73. The molecule has 0 bridgehead atoms. The molecule has 4 N–H and O–H groups in total. The zero-order valence-electron chi connectivity index (χ0n) is 7.99. The Kier molecular flexibility index (Phi) is 2.85. The number of thioether (sulfide) groups is 1. The Hall–Kier alpha value is -0.460. The van der Waals surface area contributed by atoms with Crippen LogP contribution in [0.4, 0.5) is 4.79 Å². The van der Waals surface area contributed by atoms with Crippen molar-refractivity contribution in [3.05, 3.63) is 0 Å². The van der Waals surface area contributed by atoms with Crippen LogP contribution in [0, 0.1) is 0 Å². The highest BCUT2D eigenvalue weighted by atomic mass is 32.2. The predicted octanol–water partition coefficient (Wildman–Crippen LogP) is -0.920. The molecule has 2 rings (SSSR count). The van der Waals surface area contributed by atoms with Crippen molar-refractivity contribution in [2.45, 2.75) is 30.0 Å². The van der Waals surface area contributed by atoms with Crippen molar-refractivity contribution < 1.29 is 9.90 Å². The van der Waals surface area contributed by atoms with Gasteiger partial charge in [0.25, 0.3) is 0 Å². The van der Waals surface area contributed by atoms with Crippen LogP contribution in [0.1, 0.15) is 6.42 Å². The number of rotatable bonds is 3. The number of amides is 2. The molecule has 0 aromatic carbocycles. The summed E-state index contributed by atoms with van der Waals surface area (Å²) in [7, 11) is 1.73. The van der Waals surface area contributed by atoms with Crippen molar-refractivity contribution in [3.8, 4) is 0 Å². The fraction of sp³-hybridized carbons (Fsp3) is 0.875. The van der Waals surface area contributed by atoms with Crippen LogP contribution in [0.5, 0.6) is 0 Å². The maximum Gasteiger partial charge on any atom is 0.315 e. The van der Waals surface area contributed by atoms with Gasteiger partial charge < -0.3 is 15.7 Å². The number of hydrogen-bond donors (Lipinski definition) is 4. The molecule has 1 unspecified atom stereocenters. The Morgan fingerprint density at radius 1 is 1.71 bits per heavy atom. The van der Waals surface area contributed by atoms with E-state index in [1.54, 1.807) is 18.8 Å². The second-order valence-corrected chi connectivity index (χ2v) is 4.93. The zero-order valence-corrected chi connectivity index (χ0v) is 8.80. The van der Waals surface area contributed by atoms with Gasteiger partial charge in [0.1, 0.15) is 6.23 Å². The van der Waals surface area contributed by atoms with Gasteiger partial charge in [-0.05, 0) is 7.05 Å². The summed E-state index contributed by atoms with van der Waals surface area (Å²) in [6.07, 6.45) is 0.188. The Labute approximate surface area is 87.0 Å². The smallest absolute Gasteiger partial charge is 0.315 e. The lowest BCUT2D eigenvalue weighted by Crippen LogP contribution is -2.40. The molecule has 0 radical (unpaired) electrons. The van der Waals surface area contributed by atoms with E-state index in [9.17, 15) is 9.90 Å². The van der Waals surface area contributed by atoms with Gasteiger partial charge in [0.05, 0.1) is 12.1 Å². The number of hydrogen-bond acceptors (Lipinski definition) is 4. The van der Waals surface area contributed by atoms with E-state index in [4.69, 9.17) is 0 Å². The fourth-order valence-corrected chi connectivity index (χ4v) is 3.46. The van der Waals surface area contributed by atoms with Crippen molar-refractivity contribution in [1.29, 1.82) is 0 Å². The first-order chi connectivity index (χ1) is 6.70. The molecule has 0 saturated carbocycles. The molecule has 2 amide bonds. The van der Waals surface area contributed by atoms with Crippen molar-refractivity contribution in [1.82, 2.24) is 16.0 Å². The molecule has 2 fully saturated rings. The van der Waals surface area contributed by atoms with Crippen molar-refractivity contribution in [3.63, 3.8) is 0 Å². The molecule has 6 heteroatoms. The maximum atomic E-state index is 11.0. The summed E-state index contributed by atoms with van der Waals surface area (Å²) in [5.74, 6) is 0.935. The van der Waals surface area contributed by atoms with Crippen LogP contribution in [0.3, 0.4) is 0 Å². The molecule has 14 heavy (non-hydrogen) atoms. The molecule has 2 aliphatic heterocycles.